The predicted octanol–water partition coefficient (Wildman–Crippen LogP) is 3.64. The van der Waals surface area contributed by atoms with Crippen LogP contribution in [0.2, 0.25) is 0 Å². The Kier molecular flexibility index (Phi) is 7.32. The van der Waals surface area contributed by atoms with Crippen molar-refractivity contribution in [2.24, 2.45) is 4.99 Å². The largest absolute Gasteiger partial charge is 0.488 e. The highest BCUT2D eigenvalue weighted by Gasteiger charge is 2.05. The smallest absolute Gasteiger partial charge is 0.272 e. The fourth-order valence-corrected chi connectivity index (χ4v) is 2.24. The third-order valence-electron chi connectivity index (χ3n) is 3.65. The quantitative estimate of drug-likeness (QED) is 0.582. The van der Waals surface area contributed by atoms with Crippen LogP contribution in [0.4, 0.5) is 13.2 Å². The van der Waals surface area contributed by atoms with Crippen molar-refractivity contribution < 1.29 is 17.9 Å². The van der Waals surface area contributed by atoms with Crippen molar-refractivity contribution >= 4 is 5.96 Å². The highest BCUT2D eigenvalue weighted by Crippen LogP contribution is 2.14. The van der Waals surface area contributed by atoms with Crippen LogP contribution in [-0.2, 0) is 13.1 Å². The number of halogens is 3. The van der Waals surface area contributed by atoms with Crippen LogP contribution in [0.5, 0.6) is 5.75 Å². The van der Waals surface area contributed by atoms with Crippen LogP contribution in [0.25, 0.3) is 0 Å². The molecule has 0 aliphatic rings. The summed E-state index contributed by atoms with van der Waals surface area (Å²) in [5.41, 5.74) is 2.27. The fraction of sp³-hybridized carbons (Fsp3) is 0.316. The number of hydrogen-bond donors (Lipinski definition) is 2. The minimum Gasteiger partial charge on any atom is -0.488 e. The van der Waals surface area contributed by atoms with Gasteiger partial charge in [0.15, 0.2) is 5.96 Å². The van der Waals surface area contributed by atoms with Gasteiger partial charge in [0.05, 0.1) is 0 Å². The fourth-order valence-electron chi connectivity index (χ4n) is 2.24. The second-order valence-corrected chi connectivity index (χ2v) is 5.71. The number of guanidine groups is 1. The highest BCUT2D eigenvalue weighted by atomic mass is 19.3. The molecule has 4 nitrogen and oxygen atoms in total. The Bertz CT molecular complexity index is 751. The normalized spacial score (nSPS) is 11.5. The van der Waals surface area contributed by atoms with Crippen LogP contribution in [-0.4, -0.2) is 26.0 Å². The molecular formula is C19H22F3N3O. The molecule has 0 spiro atoms. The number of hydrogen-bond acceptors (Lipinski definition) is 2. The number of nitrogens with zero attached hydrogens (tertiary/aromatic N) is 1. The lowest BCUT2D eigenvalue weighted by Gasteiger charge is -2.13. The van der Waals surface area contributed by atoms with Gasteiger partial charge in [-0.1, -0.05) is 24.3 Å². The molecule has 2 aromatic rings. The van der Waals surface area contributed by atoms with Gasteiger partial charge in [-0.15, -0.1) is 0 Å². The van der Waals surface area contributed by atoms with Crippen molar-refractivity contribution in [1.82, 2.24) is 10.6 Å². The SMILES string of the molecule is CN=C(NCc1cccc(OCC(F)F)c1)NCc1ccc(C)c(F)c1. The van der Waals surface area contributed by atoms with Crippen molar-refractivity contribution in [1.29, 1.82) is 0 Å². The Hall–Kier alpha value is -2.70. The van der Waals surface area contributed by atoms with E-state index < -0.39 is 13.0 Å². The lowest BCUT2D eigenvalue weighted by Crippen LogP contribution is -2.36. The molecule has 2 rings (SSSR count). The minimum atomic E-state index is -2.51. The molecule has 0 heterocycles. The molecule has 0 atom stereocenters. The van der Waals surface area contributed by atoms with Gasteiger partial charge in [-0.05, 0) is 41.8 Å². The highest BCUT2D eigenvalue weighted by molar-refractivity contribution is 5.79. The molecule has 26 heavy (non-hydrogen) atoms. The van der Waals surface area contributed by atoms with Crippen LogP contribution >= 0.6 is 0 Å². The number of aryl methyl sites for hydroxylation is 1. The van der Waals surface area contributed by atoms with Gasteiger partial charge in [-0.3, -0.25) is 4.99 Å². The van der Waals surface area contributed by atoms with E-state index in [0.717, 1.165) is 11.1 Å². The average Bonchev–Trinajstić information content (AvgIpc) is 2.63. The molecule has 0 fully saturated rings. The Morgan fingerprint density at radius 2 is 1.77 bits per heavy atom. The summed E-state index contributed by atoms with van der Waals surface area (Å²) < 4.78 is 43.0. The second-order valence-electron chi connectivity index (χ2n) is 5.71. The molecule has 0 bridgehead atoms. The van der Waals surface area contributed by atoms with Gasteiger partial charge in [-0.25, -0.2) is 13.2 Å². The topological polar surface area (TPSA) is 45.7 Å². The van der Waals surface area contributed by atoms with E-state index in [1.807, 2.05) is 12.1 Å². The standard InChI is InChI=1S/C19H22F3N3O/c1-13-6-7-15(9-17(13)20)11-25-19(23-2)24-10-14-4-3-5-16(8-14)26-12-18(21)22/h3-9,18H,10-12H2,1-2H3,(H2,23,24,25). The molecule has 0 saturated heterocycles. The van der Waals surface area contributed by atoms with Gasteiger partial charge in [0.2, 0.25) is 0 Å². The Morgan fingerprint density at radius 1 is 1.08 bits per heavy atom. The van der Waals surface area contributed by atoms with Crippen molar-refractivity contribution in [3.05, 3.63) is 65.0 Å². The molecule has 0 amide bonds. The van der Waals surface area contributed by atoms with E-state index >= 15 is 0 Å². The molecule has 2 aromatic carbocycles. The third kappa shape index (κ3) is 6.31. The summed E-state index contributed by atoms with van der Waals surface area (Å²) in [4.78, 5) is 4.11. The van der Waals surface area contributed by atoms with Crippen LogP contribution < -0.4 is 15.4 Å². The lowest BCUT2D eigenvalue weighted by molar-refractivity contribution is 0.0818. The third-order valence-corrected chi connectivity index (χ3v) is 3.65. The summed E-state index contributed by atoms with van der Waals surface area (Å²) >= 11 is 0. The predicted molar refractivity (Wildman–Crippen MR) is 96.1 cm³/mol. The number of ether oxygens (including phenoxy) is 1. The van der Waals surface area contributed by atoms with E-state index in [0.29, 0.717) is 30.4 Å². The van der Waals surface area contributed by atoms with Gasteiger partial charge in [0.25, 0.3) is 6.43 Å². The van der Waals surface area contributed by atoms with Crippen molar-refractivity contribution in [3.8, 4) is 5.75 Å². The molecule has 0 saturated carbocycles. The number of alkyl halides is 2. The summed E-state index contributed by atoms with van der Waals surface area (Å²) in [6.07, 6.45) is -2.51. The molecule has 0 aliphatic heterocycles. The molecular weight excluding hydrogens is 343 g/mol. The first kappa shape index (κ1) is 19.6. The maximum Gasteiger partial charge on any atom is 0.272 e. The monoisotopic (exact) mass is 365 g/mol. The van der Waals surface area contributed by atoms with Gasteiger partial charge < -0.3 is 15.4 Å². The zero-order valence-corrected chi connectivity index (χ0v) is 14.7. The summed E-state index contributed by atoms with van der Waals surface area (Å²) in [6, 6.07) is 12.0. The van der Waals surface area contributed by atoms with Crippen LogP contribution in [0.3, 0.4) is 0 Å². The minimum absolute atomic E-state index is 0.243. The van der Waals surface area contributed by atoms with Crippen LogP contribution in [0.1, 0.15) is 16.7 Å². The summed E-state index contributed by atoms with van der Waals surface area (Å²) in [5.74, 6) is 0.695. The van der Waals surface area contributed by atoms with E-state index in [2.05, 4.69) is 15.6 Å². The second kappa shape index (κ2) is 9.70. The Morgan fingerprint density at radius 3 is 2.38 bits per heavy atom. The number of benzene rings is 2. The summed E-state index contributed by atoms with van der Waals surface area (Å²) in [7, 11) is 1.63. The summed E-state index contributed by atoms with van der Waals surface area (Å²) in [5, 5.41) is 6.21. The van der Waals surface area contributed by atoms with Crippen molar-refractivity contribution in [2.45, 2.75) is 26.4 Å². The van der Waals surface area contributed by atoms with Crippen molar-refractivity contribution in [2.75, 3.05) is 13.7 Å². The van der Waals surface area contributed by atoms with E-state index in [4.69, 9.17) is 4.74 Å². The molecule has 0 aliphatic carbocycles. The van der Waals surface area contributed by atoms with E-state index in [1.165, 1.54) is 6.07 Å². The maximum absolute atomic E-state index is 13.6. The van der Waals surface area contributed by atoms with E-state index in [9.17, 15) is 13.2 Å². The van der Waals surface area contributed by atoms with Crippen molar-refractivity contribution in [3.63, 3.8) is 0 Å². The first-order chi connectivity index (χ1) is 12.5. The maximum atomic E-state index is 13.6. The molecule has 0 aromatic heterocycles. The lowest BCUT2D eigenvalue weighted by atomic mass is 10.1. The van der Waals surface area contributed by atoms with Crippen LogP contribution in [0.15, 0.2) is 47.5 Å². The van der Waals surface area contributed by atoms with Crippen LogP contribution in [0, 0.1) is 12.7 Å². The molecule has 2 N–H and O–H groups in total. The Labute approximate surface area is 151 Å². The first-order valence-corrected chi connectivity index (χ1v) is 8.17. The molecule has 0 unspecified atom stereocenters. The molecule has 0 radical (unpaired) electrons. The van der Waals surface area contributed by atoms with E-state index in [-0.39, 0.29) is 5.82 Å². The number of nitrogens with one attached hydrogen (secondary N) is 2. The van der Waals surface area contributed by atoms with Gasteiger partial charge >= 0.3 is 0 Å². The average molecular weight is 365 g/mol. The van der Waals surface area contributed by atoms with Gasteiger partial charge in [0, 0.05) is 20.1 Å². The zero-order chi connectivity index (χ0) is 18.9. The molecule has 7 heteroatoms. The molecule has 140 valence electrons. The first-order valence-electron chi connectivity index (χ1n) is 8.17. The Balaban J connectivity index is 1.86. The zero-order valence-electron chi connectivity index (χ0n) is 14.7. The van der Waals surface area contributed by atoms with Gasteiger partial charge in [-0.2, -0.15) is 0 Å². The summed E-state index contributed by atoms with van der Waals surface area (Å²) in [6.45, 7) is 1.95. The van der Waals surface area contributed by atoms with E-state index in [1.54, 1.807) is 38.2 Å². The van der Waals surface area contributed by atoms with Gasteiger partial charge in [0.1, 0.15) is 18.2 Å². The number of aliphatic imine (C=N–C) groups is 1. The number of rotatable bonds is 7.